The van der Waals surface area contributed by atoms with Gasteiger partial charge in [0.05, 0.1) is 26.7 Å². The Kier molecular flexibility index (Phi) is 6.77. The number of methoxy groups -OCH3 is 3. The SMILES string of the molecule is COCC=Cc1ccc2c(c1)C(COC(C)=O)C(c1ccc(OC)c(OC)c1)O2. The van der Waals surface area contributed by atoms with Crippen molar-refractivity contribution in [2.24, 2.45) is 0 Å². The summed E-state index contributed by atoms with van der Waals surface area (Å²) in [6.45, 7) is 2.18. The zero-order valence-electron chi connectivity index (χ0n) is 17.1. The third-order valence-electron chi connectivity index (χ3n) is 4.83. The van der Waals surface area contributed by atoms with E-state index in [2.05, 4.69) is 6.07 Å². The first-order valence-corrected chi connectivity index (χ1v) is 9.38. The van der Waals surface area contributed by atoms with E-state index in [1.165, 1.54) is 6.92 Å². The van der Waals surface area contributed by atoms with Crippen LogP contribution in [0.1, 0.15) is 35.6 Å². The predicted molar refractivity (Wildman–Crippen MR) is 110 cm³/mol. The molecule has 0 radical (unpaired) electrons. The van der Waals surface area contributed by atoms with Crippen molar-refractivity contribution in [1.29, 1.82) is 0 Å². The smallest absolute Gasteiger partial charge is 0.302 e. The van der Waals surface area contributed by atoms with E-state index in [1.54, 1.807) is 21.3 Å². The van der Waals surface area contributed by atoms with Gasteiger partial charge in [0.15, 0.2) is 11.5 Å². The highest BCUT2D eigenvalue weighted by molar-refractivity contribution is 5.66. The van der Waals surface area contributed by atoms with Crippen molar-refractivity contribution in [3.05, 3.63) is 59.2 Å². The number of benzene rings is 2. The fraction of sp³-hybridized carbons (Fsp3) is 0.348. The van der Waals surface area contributed by atoms with Crippen molar-refractivity contribution in [2.45, 2.75) is 18.9 Å². The second-order valence-corrected chi connectivity index (χ2v) is 6.72. The minimum absolute atomic E-state index is 0.136. The van der Waals surface area contributed by atoms with Gasteiger partial charge in [-0.05, 0) is 35.4 Å². The Morgan fingerprint density at radius 2 is 1.86 bits per heavy atom. The molecule has 0 N–H and O–H groups in total. The number of fused-ring (bicyclic) bond motifs is 1. The van der Waals surface area contributed by atoms with Gasteiger partial charge in [-0.25, -0.2) is 0 Å². The van der Waals surface area contributed by atoms with E-state index in [-0.39, 0.29) is 24.6 Å². The van der Waals surface area contributed by atoms with E-state index in [0.29, 0.717) is 18.1 Å². The van der Waals surface area contributed by atoms with Crippen LogP contribution in [-0.4, -0.2) is 40.5 Å². The van der Waals surface area contributed by atoms with Crippen molar-refractivity contribution >= 4 is 12.0 Å². The Morgan fingerprint density at radius 1 is 1.07 bits per heavy atom. The molecule has 0 saturated heterocycles. The number of hydrogen-bond donors (Lipinski definition) is 0. The van der Waals surface area contributed by atoms with Gasteiger partial charge in [-0.2, -0.15) is 0 Å². The van der Waals surface area contributed by atoms with E-state index in [0.717, 1.165) is 22.4 Å². The van der Waals surface area contributed by atoms with E-state index in [4.69, 9.17) is 23.7 Å². The highest BCUT2D eigenvalue weighted by atomic mass is 16.5. The van der Waals surface area contributed by atoms with Gasteiger partial charge < -0.3 is 23.7 Å². The van der Waals surface area contributed by atoms with Crippen LogP contribution in [0.25, 0.3) is 6.08 Å². The number of esters is 1. The summed E-state index contributed by atoms with van der Waals surface area (Å²) in [5.74, 6) is 1.60. The minimum Gasteiger partial charge on any atom is -0.493 e. The van der Waals surface area contributed by atoms with Crippen molar-refractivity contribution in [3.8, 4) is 17.2 Å². The summed E-state index contributed by atoms with van der Waals surface area (Å²) >= 11 is 0. The Bertz CT molecular complexity index is 889. The summed E-state index contributed by atoms with van der Waals surface area (Å²) in [7, 11) is 4.85. The molecule has 29 heavy (non-hydrogen) atoms. The molecule has 6 nitrogen and oxygen atoms in total. The predicted octanol–water partition coefficient (Wildman–Crippen LogP) is 4.14. The largest absolute Gasteiger partial charge is 0.493 e. The second kappa shape index (κ2) is 9.47. The summed E-state index contributed by atoms with van der Waals surface area (Å²) in [6, 6.07) is 11.7. The number of rotatable bonds is 8. The van der Waals surface area contributed by atoms with E-state index < -0.39 is 0 Å². The summed E-state index contributed by atoms with van der Waals surface area (Å²) in [5.41, 5.74) is 2.96. The lowest BCUT2D eigenvalue weighted by molar-refractivity contribution is -0.141. The zero-order chi connectivity index (χ0) is 20.8. The number of hydrogen-bond acceptors (Lipinski definition) is 6. The molecule has 1 aliphatic rings. The van der Waals surface area contributed by atoms with Gasteiger partial charge in [-0.3, -0.25) is 4.79 Å². The zero-order valence-corrected chi connectivity index (χ0v) is 17.1. The lowest BCUT2D eigenvalue weighted by atomic mass is 9.90. The third-order valence-corrected chi connectivity index (χ3v) is 4.83. The molecule has 1 aliphatic heterocycles. The molecule has 2 aromatic rings. The lowest BCUT2D eigenvalue weighted by Crippen LogP contribution is -2.17. The van der Waals surface area contributed by atoms with Crippen LogP contribution in [0, 0.1) is 0 Å². The number of carbonyl (C=O) groups excluding carboxylic acids is 1. The van der Waals surface area contributed by atoms with E-state index in [1.807, 2.05) is 42.5 Å². The van der Waals surface area contributed by atoms with Gasteiger partial charge in [0.25, 0.3) is 0 Å². The van der Waals surface area contributed by atoms with Crippen LogP contribution in [0.2, 0.25) is 0 Å². The first-order chi connectivity index (χ1) is 14.1. The van der Waals surface area contributed by atoms with Crippen molar-refractivity contribution < 1.29 is 28.5 Å². The van der Waals surface area contributed by atoms with Gasteiger partial charge >= 0.3 is 5.97 Å². The van der Waals surface area contributed by atoms with Crippen molar-refractivity contribution in [2.75, 3.05) is 34.5 Å². The van der Waals surface area contributed by atoms with Crippen LogP contribution in [0.3, 0.4) is 0 Å². The normalized spacial score (nSPS) is 17.7. The monoisotopic (exact) mass is 398 g/mol. The molecule has 1 heterocycles. The van der Waals surface area contributed by atoms with Gasteiger partial charge in [-0.1, -0.05) is 24.3 Å². The highest BCUT2D eigenvalue weighted by Gasteiger charge is 2.37. The van der Waals surface area contributed by atoms with Crippen LogP contribution in [-0.2, 0) is 14.3 Å². The molecule has 6 heteroatoms. The molecular formula is C23H26O6. The van der Waals surface area contributed by atoms with Crippen LogP contribution in [0.5, 0.6) is 17.2 Å². The summed E-state index contributed by atoms with van der Waals surface area (Å²) in [5, 5.41) is 0. The standard InChI is InChI=1S/C23H26O6/c1-15(24)28-14-19-18-12-16(6-5-11-25-2)7-9-20(18)29-23(19)17-8-10-21(26-3)22(13-17)27-4/h5-10,12-13,19,23H,11,14H2,1-4H3. The maximum Gasteiger partial charge on any atom is 0.302 e. The van der Waals surface area contributed by atoms with Crippen molar-refractivity contribution in [3.63, 3.8) is 0 Å². The fourth-order valence-corrected chi connectivity index (χ4v) is 3.44. The van der Waals surface area contributed by atoms with Gasteiger partial charge in [-0.15, -0.1) is 0 Å². The average molecular weight is 398 g/mol. The maximum absolute atomic E-state index is 11.5. The molecule has 0 fully saturated rings. The summed E-state index contributed by atoms with van der Waals surface area (Å²) in [4.78, 5) is 11.5. The molecule has 154 valence electrons. The van der Waals surface area contributed by atoms with E-state index >= 15 is 0 Å². The summed E-state index contributed by atoms with van der Waals surface area (Å²) < 4.78 is 27.4. The topological polar surface area (TPSA) is 63.2 Å². The van der Waals surface area contributed by atoms with Crippen LogP contribution in [0.4, 0.5) is 0 Å². The number of ether oxygens (including phenoxy) is 5. The highest BCUT2D eigenvalue weighted by Crippen LogP contribution is 2.47. The Hall–Kier alpha value is -2.99. The Morgan fingerprint density at radius 3 is 2.55 bits per heavy atom. The van der Waals surface area contributed by atoms with Gasteiger partial charge in [0.1, 0.15) is 18.5 Å². The molecule has 0 amide bonds. The number of carbonyl (C=O) groups is 1. The van der Waals surface area contributed by atoms with Gasteiger partial charge in [0.2, 0.25) is 0 Å². The maximum atomic E-state index is 11.5. The van der Waals surface area contributed by atoms with Crippen LogP contribution in [0.15, 0.2) is 42.5 Å². The molecule has 0 bridgehead atoms. The Balaban J connectivity index is 1.95. The lowest BCUT2D eigenvalue weighted by Gasteiger charge is -2.20. The van der Waals surface area contributed by atoms with Crippen LogP contribution < -0.4 is 14.2 Å². The molecular weight excluding hydrogens is 372 g/mol. The summed E-state index contributed by atoms with van der Waals surface area (Å²) in [6.07, 6.45) is 3.64. The van der Waals surface area contributed by atoms with Crippen LogP contribution >= 0.6 is 0 Å². The third kappa shape index (κ3) is 4.71. The van der Waals surface area contributed by atoms with Crippen molar-refractivity contribution in [1.82, 2.24) is 0 Å². The quantitative estimate of drug-likeness (QED) is 0.623. The molecule has 0 saturated carbocycles. The Labute approximate surface area is 171 Å². The average Bonchev–Trinajstić information content (AvgIpc) is 3.09. The fourth-order valence-electron chi connectivity index (χ4n) is 3.44. The van der Waals surface area contributed by atoms with Gasteiger partial charge in [0, 0.05) is 19.6 Å². The van der Waals surface area contributed by atoms with E-state index in [9.17, 15) is 4.79 Å². The molecule has 0 aliphatic carbocycles. The molecule has 2 unspecified atom stereocenters. The minimum atomic E-state index is -0.319. The molecule has 2 atom stereocenters. The first kappa shape index (κ1) is 20.7. The second-order valence-electron chi connectivity index (χ2n) is 6.72. The molecule has 0 spiro atoms. The first-order valence-electron chi connectivity index (χ1n) is 9.38. The molecule has 3 rings (SSSR count). The molecule has 2 aromatic carbocycles. The molecule has 0 aromatic heterocycles.